The second kappa shape index (κ2) is 5.77. The van der Waals surface area contributed by atoms with Gasteiger partial charge in [0.1, 0.15) is 11.6 Å². The summed E-state index contributed by atoms with van der Waals surface area (Å²) in [6.45, 7) is 5.88. The molecule has 2 aromatic rings. The molecule has 0 saturated carbocycles. The second-order valence-electron chi connectivity index (χ2n) is 5.07. The van der Waals surface area contributed by atoms with Gasteiger partial charge in [-0.25, -0.2) is 4.98 Å². The van der Waals surface area contributed by atoms with Crippen LogP contribution in [0, 0.1) is 0 Å². The number of nitrogens with zero attached hydrogens (tertiary/aromatic N) is 1. The zero-order valence-corrected chi connectivity index (χ0v) is 11.9. The smallest absolute Gasteiger partial charge is 0.252 e. The number of nitrogens with one attached hydrogen (secondary N) is 1. The van der Waals surface area contributed by atoms with Gasteiger partial charge in [0.25, 0.3) is 5.91 Å². The molecule has 106 valence electrons. The molecule has 3 N–H and O–H groups in total. The van der Waals surface area contributed by atoms with Crippen LogP contribution in [-0.2, 0) is 0 Å². The lowest BCUT2D eigenvalue weighted by molar-refractivity contribution is 0.0935. The SMILES string of the molecule is CC(C)c1cc(C(=O)NC(C)c2ccco2)cc(N)n1. The van der Waals surface area contributed by atoms with E-state index >= 15 is 0 Å². The molecular weight excluding hydrogens is 254 g/mol. The maximum atomic E-state index is 12.2. The molecule has 2 heterocycles. The van der Waals surface area contributed by atoms with Crippen molar-refractivity contribution in [2.45, 2.75) is 32.7 Å². The minimum atomic E-state index is -0.200. The van der Waals surface area contributed by atoms with Gasteiger partial charge in [0.2, 0.25) is 0 Å². The molecule has 1 amide bonds. The van der Waals surface area contributed by atoms with Gasteiger partial charge in [0, 0.05) is 11.3 Å². The number of amides is 1. The summed E-state index contributed by atoms with van der Waals surface area (Å²) in [6.07, 6.45) is 1.58. The first-order valence-electron chi connectivity index (χ1n) is 6.59. The number of carbonyl (C=O) groups is 1. The summed E-state index contributed by atoms with van der Waals surface area (Å²) < 4.78 is 5.27. The Kier molecular flexibility index (Phi) is 4.08. The molecule has 2 aromatic heterocycles. The summed E-state index contributed by atoms with van der Waals surface area (Å²) in [6, 6.07) is 6.76. The van der Waals surface area contributed by atoms with Gasteiger partial charge in [0.05, 0.1) is 12.3 Å². The highest BCUT2D eigenvalue weighted by Crippen LogP contribution is 2.18. The van der Waals surface area contributed by atoms with Crippen LogP contribution in [0.5, 0.6) is 0 Å². The first-order chi connectivity index (χ1) is 9.47. The van der Waals surface area contributed by atoms with E-state index in [-0.39, 0.29) is 17.9 Å². The number of nitrogen functional groups attached to an aromatic ring is 1. The Morgan fingerprint density at radius 3 is 2.70 bits per heavy atom. The maximum absolute atomic E-state index is 12.2. The zero-order chi connectivity index (χ0) is 14.7. The van der Waals surface area contributed by atoms with Crippen LogP contribution in [0.3, 0.4) is 0 Å². The van der Waals surface area contributed by atoms with Gasteiger partial charge in [0.15, 0.2) is 0 Å². The molecule has 1 unspecified atom stereocenters. The predicted molar refractivity (Wildman–Crippen MR) is 77.3 cm³/mol. The highest BCUT2D eigenvalue weighted by atomic mass is 16.3. The number of rotatable bonds is 4. The number of carbonyl (C=O) groups excluding carboxylic acids is 1. The molecule has 0 aliphatic carbocycles. The van der Waals surface area contributed by atoms with Crippen LogP contribution in [0.2, 0.25) is 0 Å². The van der Waals surface area contributed by atoms with Crippen LogP contribution in [0.15, 0.2) is 34.9 Å². The lowest BCUT2D eigenvalue weighted by Crippen LogP contribution is -2.26. The van der Waals surface area contributed by atoms with Crippen molar-refractivity contribution in [1.29, 1.82) is 0 Å². The van der Waals surface area contributed by atoms with Crippen molar-refractivity contribution in [2.75, 3.05) is 5.73 Å². The van der Waals surface area contributed by atoms with Gasteiger partial charge in [-0.15, -0.1) is 0 Å². The summed E-state index contributed by atoms with van der Waals surface area (Å²) in [4.78, 5) is 16.5. The van der Waals surface area contributed by atoms with Crippen molar-refractivity contribution in [3.63, 3.8) is 0 Å². The largest absolute Gasteiger partial charge is 0.467 e. The average Bonchev–Trinajstić information content (AvgIpc) is 2.91. The molecule has 0 fully saturated rings. The van der Waals surface area contributed by atoms with E-state index in [1.54, 1.807) is 24.5 Å². The lowest BCUT2D eigenvalue weighted by Gasteiger charge is -2.13. The number of anilines is 1. The monoisotopic (exact) mass is 273 g/mol. The van der Waals surface area contributed by atoms with Gasteiger partial charge in [-0.05, 0) is 37.1 Å². The lowest BCUT2D eigenvalue weighted by atomic mass is 10.1. The first kappa shape index (κ1) is 14.1. The molecule has 0 spiro atoms. The van der Waals surface area contributed by atoms with Crippen LogP contribution in [-0.4, -0.2) is 10.9 Å². The Balaban J connectivity index is 2.17. The van der Waals surface area contributed by atoms with E-state index in [0.717, 1.165) is 5.69 Å². The summed E-state index contributed by atoms with van der Waals surface area (Å²) >= 11 is 0. The predicted octanol–water partition coefficient (Wildman–Crippen LogP) is 2.87. The maximum Gasteiger partial charge on any atom is 0.252 e. The van der Waals surface area contributed by atoms with Crippen LogP contribution in [0.1, 0.15) is 54.5 Å². The Hall–Kier alpha value is -2.30. The van der Waals surface area contributed by atoms with Crippen molar-refractivity contribution in [2.24, 2.45) is 0 Å². The number of pyridine rings is 1. The molecule has 0 aromatic carbocycles. The number of hydrogen-bond donors (Lipinski definition) is 2. The Bertz CT molecular complexity index is 591. The molecule has 0 aliphatic heterocycles. The van der Waals surface area contributed by atoms with Crippen LogP contribution < -0.4 is 11.1 Å². The topological polar surface area (TPSA) is 81.2 Å². The fraction of sp³-hybridized carbons (Fsp3) is 0.333. The van der Waals surface area contributed by atoms with Crippen LogP contribution in [0.25, 0.3) is 0 Å². The first-order valence-corrected chi connectivity index (χ1v) is 6.59. The minimum Gasteiger partial charge on any atom is -0.467 e. The van der Waals surface area contributed by atoms with Gasteiger partial charge in [-0.2, -0.15) is 0 Å². The minimum absolute atomic E-state index is 0.190. The Morgan fingerprint density at radius 2 is 2.10 bits per heavy atom. The third kappa shape index (κ3) is 3.17. The zero-order valence-electron chi connectivity index (χ0n) is 11.9. The van der Waals surface area contributed by atoms with E-state index < -0.39 is 0 Å². The summed E-state index contributed by atoms with van der Waals surface area (Å²) in [5.74, 6) is 1.09. The van der Waals surface area contributed by atoms with E-state index in [9.17, 15) is 4.79 Å². The summed E-state index contributed by atoms with van der Waals surface area (Å²) in [5, 5.41) is 2.88. The molecule has 1 atom stereocenters. The number of aromatic nitrogens is 1. The van der Waals surface area contributed by atoms with Crippen molar-refractivity contribution in [1.82, 2.24) is 10.3 Å². The molecule has 0 saturated heterocycles. The molecule has 0 radical (unpaired) electrons. The van der Waals surface area contributed by atoms with E-state index in [2.05, 4.69) is 10.3 Å². The molecule has 0 bridgehead atoms. The number of nitrogens with two attached hydrogens (primary N) is 1. The van der Waals surface area contributed by atoms with E-state index in [1.807, 2.05) is 26.8 Å². The highest BCUT2D eigenvalue weighted by Gasteiger charge is 2.15. The normalized spacial score (nSPS) is 12.4. The van der Waals surface area contributed by atoms with E-state index in [1.165, 1.54) is 0 Å². The van der Waals surface area contributed by atoms with E-state index in [4.69, 9.17) is 10.2 Å². The highest BCUT2D eigenvalue weighted by molar-refractivity contribution is 5.95. The molecule has 2 rings (SSSR count). The average molecular weight is 273 g/mol. The van der Waals surface area contributed by atoms with Gasteiger partial charge < -0.3 is 15.5 Å². The molecule has 20 heavy (non-hydrogen) atoms. The van der Waals surface area contributed by atoms with Gasteiger partial charge >= 0.3 is 0 Å². The fourth-order valence-corrected chi connectivity index (χ4v) is 1.89. The number of hydrogen-bond acceptors (Lipinski definition) is 4. The van der Waals surface area contributed by atoms with Gasteiger partial charge in [-0.3, -0.25) is 4.79 Å². The van der Waals surface area contributed by atoms with Crippen LogP contribution in [0.4, 0.5) is 5.82 Å². The fourth-order valence-electron chi connectivity index (χ4n) is 1.89. The quantitative estimate of drug-likeness (QED) is 0.897. The van der Waals surface area contributed by atoms with Gasteiger partial charge in [-0.1, -0.05) is 13.8 Å². The van der Waals surface area contributed by atoms with Crippen molar-refractivity contribution < 1.29 is 9.21 Å². The second-order valence-corrected chi connectivity index (χ2v) is 5.07. The Morgan fingerprint density at radius 1 is 1.35 bits per heavy atom. The standard InChI is InChI=1S/C15H19N3O2/c1-9(2)12-7-11(8-14(16)18-12)15(19)17-10(3)13-5-4-6-20-13/h4-10H,1-3H3,(H2,16,18)(H,17,19). The molecule has 0 aliphatic rings. The third-order valence-corrected chi connectivity index (χ3v) is 3.04. The van der Waals surface area contributed by atoms with Crippen molar-refractivity contribution >= 4 is 11.7 Å². The van der Waals surface area contributed by atoms with Crippen molar-refractivity contribution in [3.05, 3.63) is 47.5 Å². The van der Waals surface area contributed by atoms with Crippen molar-refractivity contribution in [3.8, 4) is 0 Å². The summed E-state index contributed by atoms with van der Waals surface area (Å²) in [5.41, 5.74) is 7.07. The number of furan rings is 1. The molecule has 5 nitrogen and oxygen atoms in total. The molecule has 5 heteroatoms. The molecular formula is C15H19N3O2. The van der Waals surface area contributed by atoms with E-state index in [0.29, 0.717) is 17.1 Å². The Labute approximate surface area is 118 Å². The summed E-state index contributed by atoms with van der Waals surface area (Å²) in [7, 11) is 0. The third-order valence-electron chi connectivity index (χ3n) is 3.04. The van der Waals surface area contributed by atoms with Crippen LogP contribution >= 0.6 is 0 Å².